The predicted octanol–water partition coefficient (Wildman–Crippen LogP) is 3.31. The lowest BCUT2D eigenvalue weighted by Crippen LogP contribution is -2.23. The second kappa shape index (κ2) is 5.63. The van der Waals surface area contributed by atoms with E-state index in [4.69, 9.17) is 5.73 Å². The number of anilines is 1. The minimum Gasteiger partial charge on any atom is -0.384 e. The first-order valence-corrected chi connectivity index (χ1v) is 7.24. The first-order valence-electron chi connectivity index (χ1n) is 7.24. The second-order valence-electron chi connectivity index (χ2n) is 5.58. The zero-order valence-electron chi connectivity index (χ0n) is 11.9. The highest BCUT2D eigenvalue weighted by molar-refractivity contribution is 5.38. The van der Waals surface area contributed by atoms with Gasteiger partial charge in [0.1, 0.15) is 5.82 Å². The van der Waals surface area contributed by atoms with Crippen molar-refractivity contribution < 1.29 is 0 Å². The van der Waals surface area contributed by atoms with Gasteiger partial charge in [0.2, 0.25) is 0 Å². The largest absolute Gasteiger partial charge is 0.384 e. The van der Waals surface area contributed by atoms with Crippen molar-refractivity contribution in [3.63, 3.8) is 0 Å². The third-order valence-corrected chi connectivity index (χ3v) is 4.12. The lowest BCUT2D eigenvalue weighted by molar-refractivity contribution is 0.247. The van der Waals surface area contributed by atoms with Crippen LogP contribution in [0.2, 0.25) is 0 Å². The number of aromatic nitrogens is 1. The van der Waals surface area contributed by atoms with Gasteiger partial charge in [-0.1, -0.05) is 30.3 Å². The Hall–Kier alpha value is -1.87. The summed E-state index contributed by atoms with van der Waals surface area (Å²) in [5, 5.41) is 0. The number of aryl methyl sites for hydroxylation is 1. The number of nitrogens with zero attached hydrogens (tertiary/aromatic N) is 2. The fourth-order valence-electron chi connectivity index (χ4n) is 3.12. The van der Waals surface area contributed by atoms with Crippen LogP contribution >= 0.6 is 0 Å². The zero-order chi connectivity index (χ0) is 13.9. The Labute approximate surface area is 120 Å². The van der Waals surface area contributed by atoms with Gasteiger partial charge in [-0.15, -0.1) is 0 Å². The summed E-state index contributed by atoms with van der Waals surface area (Å²) < 4.78 is 0. The summed E-state index contributed by atoms with van der Waals surface area (Å²) >= 11 is 0. The van der Waals surface area contributed by atoms with Crippen LogP contribution in [-0.4, -0.2) is 16.4 Å². The molecule has 3 heteroatoms. The highest BCUT2D eigenvalue weighted by Crippen LogP contribution is 2.34. The lowest BCUT2D eigenvalue weighted by atomic mass is 10.0. The summed E-state index contributed by atoms with van der Waals surface area (Å²) in [7, 11) is 0. The second-order valence-corrected chi connectivity index (χ2v) is 5.58. The summed E-state index contributed by atoms with van der Waals surface area (Å²) in [6, 6.07) is 13.1. The lowest BCUT2D eigenvalue weighted by Gasteiger charge is -2.26. The Morgan fingerprint density at radius 2 is 2.10 bits per heavy atom. The molecule has 104 valence electrons. The van der Waals surface area contributed by atoms with Crippen LogP contribution in [0, 0.1) is 6.92 Å². The molecule has 3 nitrogen and oxygen atoms in total. The number of benzene rings is 1. The molecule has 0 amide bonds. The molecule has 1 aromatic carbocycles. The van der Waals surface area contributed by atoms with E-state index in [0.717, 1.165) is 13.1 Å². The average molecular weight is 267 g/mol. The summed E-state index contributed by atoms with van der Waals surface area (Å²) in [6.45, 7) is 4.30. The molecule has 2 N–H and O–H groups in total. The quantitative estimate of drug-likeness (QED) is 0.927. The molecular weight excluding hydrogens is 246 g/mol. The number of hydrogen-bond acceptors (Lipinski definition) is 3. The molecule has 0 bridgehead atoms. The highest BCUT2D eigenvalue weighted by Gasteiger charge is 2.27. The van der Waals surface area contributed by atoms with Gasteiger partial charge in [-0.3, -0.25) is 4.90 Å². The molecular formula is C17H21N3. The Kier molecular flexibility index (Phi) is 3.70. The van der Waals surface area contributed by atoms with Crippen molar-refractivity contribution in [2.75, 3.05) is 12.3 Å². The number of nitrogens with two attached hydrogens (primary N) is 1. The van der Waals surface area contributed by atoms with Gasteiger partial charge in [-0.05, 0) is 49.1 Å². The maximum atomic E-state index is 5.76. The van der Waals surface area contributed by atoms with Crippen molar-refractivity contribution in [2.24, 2.45) is 0 Å². The highest BCUT2D eigenvalue weighted by atomic mass is 15.2. The number of nitrogen functional groups attached to an aromatic ring is 1. The fraction of sp³-hybridized carbons (Fsp3) is 0.353. The maximum absolute atomic E-state index is 5.76. The molecule has 1 atom stereocenters. The van der Waals surface area contributed by atoms with Crippen molar-refractivity contribution >= 4 is 5.82 Å². The molecule has 20 heavy (non-hydrogen) atoms. The van der Waals surface area contributed by atoms with E-state index in [0.29, 0.717) is 11.9 Å². The molecule has 0 aliphatic carbocycles. The fourth-order valence-corrected chi connectivity index (χ4v) is 3.12. The SMILES string of the molecule is Cc1cc(N)ncc1[C@H]1CCCN1Cc1ccccc1. The van der Waals surface area contributed by atoms with Crippen LogP contribution in [0.5, 0.6) is 0 Å². The molecule has 1 fully saturated rings. The average Bonchev–Trinajstić information content (AvgIpc) is 2.88. The monoisotopic (exact) mass is 267 g/mol. The Bertz CT molecular complexity index is 580. The molecule has 2 heterocycles. The standard InChI is InChI=1S/C17H21N3/c1-13-10-17(18)19-11-15(13)16-8-5-9-20(16)12-14-6-3-2-4-7-14/h2-4,6-7,10-11,16H,5,8-9,12H2,1H3,(H2,18,19)/t16-/m1/s1. The molecule has 1 aliphatic rings. The van der Waals surface area contributed by atoms with Crippen molar-refractivity contribution in [1.29, 1.82) is 0 Å². The van der Waals surface area contributed by atoms with Crippen molar-refractivity contribution in [3.8, 4) is 0 Å². The Balaban J connectivity index is 1.82. The smallest absolute Gasteiger partial charge is 0.123 e. The van der Waals surface area contributed by atoms with Gasteiger partial charge >= 0.3 is 0 Å². The summed E-state index contributed by atoms with van der Waals surface area (Å²) in [5.41, 5.74) is 9.71. The molecule has 1 aliphatic heterocycles. The molecule has 0 radical (unpaired) electrons. The van der Waals surface area contributed by atoms with E-state index in [1.807, 2.05) is 12.3 Å². The summed E-state index contributed by atoms with van der Waals surface area (Å²) in [6.07, 6.45) is 4.42. The van der Waals surface area contributed by atoms with Crippen LogP contribution in [0.3, 0.4) is 0 Å². The van der Waals surface area contributed by atoms with Crippen LogP contribution in [-0.2, 0) is 6.54 Å². The first-order chi connectivity index (χ1) is 9.74. The van der Waals surface area contributed by atoms with E-state index in [2.05, 4.69) is 47.1 Å². The molecule has 0 unspecified atom stereocenters. The molecule has 2 aromatic rings. The van der Waals surface area contributed by atoms with Gasteiger partial charge < -0.3 is 5.73 Å². The topological polar surface area (TPSA) is 42.1 Å². The van der Waals surface area contributed by atoms with E-state index < -0.39 is 0 Å². The molecule has 1 aromatic heterocycles. The number of hydrogen-bond donors (Lipinski definition) is 1. The maximum Gasteiger partial charge on any atom is 0.123 e. The summed E-state index contributed by atoms with van der Waals surface area (Å²) in [4.78, 5) is 6.83. The van der Waals surface area contributed by atoms with Crippen molar-refractivity contribution in [2.45, 2.75) is 32.4 Å². The number of pyridine rings is 1. The minimum atomic E-state index is 0.475. The molecule has 0 spiro atoms. The van der Waals surface area contributed by atoms with E-state index in [1.54, 1.807) is 0 Å². The summed E-state index contributed by atoms with van der Waals surface area (Å²) in [5.74, 6) is 0.610. The van der Waals surface area contributed by atoms with Crippen LogP contribution < -0.4 is 5.73 Å². The third kappa shape index (κ3) is 2.68. The predicted molar refractivity (Wildman–Crippen MR) is 82.2 cm³/mol. The Morgan fingerprint density at radius 1 is 1.30 bits per heavy atom. The van der Waals surface area contributed by atoms with Gasteiger partial charge in [0, 0.05) is 18.8 Å². The van der Waals surface area contributed by atoms with Gasteiger partial charge in [0.25, 0.3) is 0 Å². The van der Waals surface area contributed by atoms with Crippen molar-refractivity contribution in [1.82, 2.24) is 9.88 Å². The Morgan fingerprint density at radius 3 is 2.85 bits per heavy atom. The number of likely N-dealkylation sites (tertiary alicyclic amines) is 1. The van der Waals surface area contributed by atoms with E-state index in [1.165, 1.54) is 29.5 Å². The van der Waals surface area contributed by atoms with Gasteiger partial charge in [-0.25, -0.2) is 4.98 Å². The molecule has 3 rings (SSSR count). The van der Waals surface area contributed by atoms with E-state index in [9.17, 15) is 0 Å². The van der Waals surface area contributed by atoms with Crippen LogP contribution in [0.1, 0.15) is 35.6 Å². The van der Waals surface area contributed by atoms with Crippen molar-refractivity contribution in [3.05, 3.63) is 59.3 Å². The van der Waals surface area contributed by atoms with Crippen LogP contribution in [0.25, 0.3) is 0 Å². The van der Waals surface area contributed by atoms with Crippen LogP contribution in [0.4, 0.5) is 5.82 Å². The first kappa shape index (κ1) is 13.1. The van der Waals surface area contributed by atoms with Gasteiger partial charge in [-0.2, -0.15) is 0 Å². The van der Waals surface area contributed by atoms with E-state index >= 15 is 0 Å². The third-order valence-electron chi connectivity index (χ3n) is 4.12. The minimum absolute atomic E-state index is 0.475. The molecule has 0 saturated carbocycles. The van der Waals surface area contributed by atoms with Gasteiger partial charge in [0.15, 0.2) is 0 Å². The molecule has 1 saturated heterocycles. The van der Waals surface area contributed by atoms with Crippen LogP contribution in [0.15, 0.2) is 42.6 Å². The normalized spacial score (nSPS) is 19.4. The van der Waals surface area contributed by atoms with E-state index in [-0.39, 0.29) is 0 Å². The van der Waals surface area contributed by atoms with Gasteiger partial charge in [0.05, 0.1) is 0 Å². The zero-order valence-corrected chi connectivity index (χ0v) is 11.9. The number of rotatable bonds is 3.